The van der Waals surface area contributed by atoms with Crippen LogP contribution in [0.2, 0.25) is 0 Å². The lowest BCUT2D eigenvalue weighted by molar-refractivity contribution is 0.495. The first-order chi connectivity index (χ1) is 9.53. The van der Waals surface area contributed by atoms with E-state index >= 15 is 0 Å². The van der Waals surface area contributed by atoms with E-state index < -0.39 is 10.0 Å². The molecule has 1 fully saturated rings. The molecule has 0 heterocycles. The van der Waals surface area contributed by atoms with Gasteiger partial charge in [0.05, 0.1) is 4.90 Å². The van der Waals surface area contributed by atoms with Crippen LogP contribution in [0.5, 0.6) is 0 Å². The molecule has 2 rings (SSSR count). The number of hydrogen-bond acceptors (Lipinski definition) is 3. The number of benzene rings is 1. The Hall–Kier alpha value is -0.910. The summed E-state index contributed by atoms with van der Waals surface area (Å²) in [6.45, 7) is 2.77. The Bertz CT molecular complexity index is 549. The maximum absolute atomic E-state index is 12.3. The fraction of sp³-hybridized carbons (Fsp3) is 0.600. The summed E-state index contributed by atoms with van der Waals surface area (Å²) in [7, 11) is -3.40. The van der Waals surface area contributed by atoms with E-state index in [1.54, 1.807) is 12.1 Å². The van der Waals surface area contributed by atoms with Crippen molar-refractivity contribution in [2.45, 2.75) is 50.5 Å². The average molecular weight is 296 g/mol. The third-order valence-electron chi connectivity index (χ3n) is 4.08. The van der Waals surface area contributed by atoms with Crippen LogP contribution in [0.25, 0.3) is 0 Å². The van der Waals surface area contributed by atoms with Crippen LogP contribution in [0.15, 0.2) is 23.1 Å². The number of sulfonamides is 1. The van der Waals surface area contributed by atoms with Crippen LogP contribution in [-0.4, -0.2) is 15.0 Å². The summed E-state index contributed by atoms with van der Waals surface area (Å²) in [4.78, 5) is 0.362. The largest absolute Gasteiger partial charge is 0.326 e. The standard InChI is InChI=1S/C15H24N2O2S/c1-12-10-14(11-16)6-7-15(12)20(18,19)17-9-8-13-4-2-3-5-13/h6-7,10,13,17H,2-5,8-9,11,16H2,1H3. The minimum absolute atomic E-state index is 0.362. The van der Waals surface area contributed by atoms with Gasteiger partial charge in [-0.25, -0.2) is 13.1 Å². The number of rotatable bonds is 6. The van der Waals surface area contributed by atoms with Gasteiger partial charge in [0.25, 0.3) is 0 Å². The predicted molar refractivity (Wildman–Crippen MR) is 80.8 cm³/mol. The summed E-state index contributed by atoms with van der Waals surface area (Å²) in [5, 5.41) is 0. The molecule has 0 saturated heterocycles. The Morgan fingerprint density at radius 1 is 1.30 bits per heavy atom. The Morgan fingerprint density at radius 3 is 2.60 bits per heavy atom. The zero-order valence-corrected chi connectivity index (χ0v) is 12.9. The van der Waals surface area contributed by atoms with E-state index in [4.69, 9.17) is 5.73 Å². The van der Waals surface area contributed by atoms with Gasteiger partial charge in [0.1, 0.15) is 0 Å². The fourth-order valence-electron chi connectivity index (χ4n) is 2.91. The SMILES string of the molecule is Cc1cc(CN)ccc1S(=O)(=O)NCCC1CCCC1. The molecule has 0 bridgehead atoms. The van der Waals surface area contributed by atoms with Gasteiger partial charge in [-0.3, -0.25) is 0 Å². The highest BCUT2D eigenvalue weighted by atomic mass is 32.2. The van der Waals surface area contributed by atoms with Gasteiger partial charge in [-0.1, -0.05) is 37.8 Å². The van der Waals surface area contributed by atoms with E-state index in [1.165, 1.54) is 25.7 Å². The zero-order chi connectivity index (χ0) is 14.6. The van der Waals surface area contributed by atoms with Gasteiger partial charge < -0.3 is 5.73 Å². The molecule has 1 aromatic carbocycles. The van der Waals surface area contributed by atoms with Crippen LogP contribution >= 0.6 is 0 Å². The summed E-state index contributed by atoms with van der Waals surface area (Å²) in [6.07, 6.45) is 6.01. The van der Waals surface area contributed by atoms with Crippen molar-refractivity contribution in [2.75, 3.05) is 6.54 Å². The first-order valence-electron chi connectivity index (χ1n) is 7.32. The van der Waals surface area contributed by atoms with Crippen LogP contribution in [0, 0.1) is 12.8 Å². The van der Waals surface area contributed by atoms with E-state index in [-0.39, 0.29) is 0 Å². The Balaban J connectivity index is 1.98. The molecule has 5 heteroatoms. The summed E-state index contributed by atoms with van der Waals surface area (Å²) in [5.74, 6) is 0.693. The van der Waals surface area contributed by atoms with Crippen LogP contribution in [0.4, 0.5) is 0 Å². The number of hydrogen-bond donors (Lipinski definition) is 2. The molecule has 1 aromatic rings. The highest BCUT2D eigenvalue weighted by Crippen LogP contribution is 2.27. The molecular formula is C15H24N2O2S. The van der Waals surface area contributed by atoms with Crippen molar-refractivity contribution in [3.63, 3.8) is 0 Å². The first-order valence-corrected chi connectivity index (χ1v) is 8.80. The fourth-order valence-corrected chi connectivity index (χ4v) is 4.19. The quantitative estimate of drug-likeness (QED) is 0.846. The number of nitrogens with one attached hydrogen (secondary N) is 1. The third kappa shape index (κ3) is 3.81. The van der Waals surface area contributed by atoms with Gasteiger partial charge in [-0.05, 0) is 36.5 Å². The van der Waals surface area contributed by atoms with Crippen LogP contribution in [0.1, 0.15) is 43.2 Å². The van der Waals surface area contributed by atoms with Crippen molar-refractivity contribution >= 4 is 10.0 Å². The van der Waals surface area contributed by atoms with E-state index in [1.807, 2.05) is 13.0 Å². The lowest BCUT2D eigenvalue weighted by Gasteiger charge is -2.12. The van der Waals surface area contributed by atoms with E-state index in [9.17, 15) is 8.42 Å². The van der Waals surface area contributed by atoms with Crippen molar-refractivity contribution < 1.29 is 8.42 Å². The van der Waals surface area contributed by atoms with Crippen molar-refractivity contribution in [1.29, 1.82) is 0 Å². The summed E-state index contributed by atoms with van der Waals surface area (Å²) in [6, 6.07) is 5.26. The second kappa shape index (κ2) is 6.70. The Morgan fingerprint density at radius 2 is 2.00 bits per heavy atom. The van der Waals surface area contributed by atoms with Gasteiger partial charge in [0.15, 0.2) is 0 Å². The summed E-state index contributed by atoms with van der Waals surface area (Å²) >= 11 is 0. The number of aryl methyl sites for hydroxylation is 1. The second-order valence-electron chi connectivity index (χ2n) is 5.64. The minimum Gasteiger partial charge on any atom is -0.326 e. The van der Waals surface area contributed by atoms with Crippen molar-refractivity contribution in [3.8, 4) is 0 Å². The first kappa shape index (κ1) is 15.5. The van der Waals surface area contributed by atoms with Crippen molar-refractivity contribution in [1.82, 2.24) is 4.72 Å². The third-order valence-corrected chi connectivity index (χ3v) is 5.71. The molecule has 1 aliphatic carbocycles. The van der Waals surface area contributed by atoms with Gasteiger partial charge >= 0.3 is 0 Å². The van der Waals surface area contributed by atoms with Gasteiger partial charge in [-0.2, -0.15) is 0 Å². The average Bonchev–Trinajstić information content (AvgIpc) is 2.91. The van der Waals surface area contributed by atoms with Gasteiger partial charge in [0.2, 0.25) is 10.0 Å². The molecule has 0 spiro atoms. The number of nitrogens with two attached hydrogens (primary N) is 1. The van der Waals surface area contributed by atoms with Crippen LogP contribution < -0.4 is 10.5 Å². The molecule has 112 valence electrons. The molecule has 0 amide bonds. The Labute approximate surface area is 121 Å². The molecule has 0 atom stereocenters. The molecule has 0 unspecified atom stereocenters. The molecule has 4 nitrogen and oxygen atoms in total. The molecule has 0 radical (unpaired) electrons. The van der Waals surface area contributed by atoms with Crippen molar-refractivity contribution in [2.24, 2.45) is 11.7 Å². The predicted octanol–water partition coefficient (Wildman–Crippen LogP) is 2.31. The molecule has 20 heavy (non-hydrogen) atoms. The molecule has 3 N–H and O–H groups in total. The lowest BCUT2D eigenvalue weighted by Crippen LogP contribution is -2.26. The molecule has 0 aromatic heterocycles. The minimum atomic E-state index is -3.40. The van der Waals surface area contributed by atoms with E-state index in [0.717, 1.165) is 17.5 Å². The Kier molecular flexibility index (Phi) is 5.18. The zero-order valence-electron chi connectivity index (χ0n) is 12.1. The maximum atomic E-state index is 12.3. The van der Waals surface area contributed by atoms with Crippen LogP contribution in [0.3, 0.4) is 0 Å². The molecule has 1 aliphatic rings. The van der Waals surface area contributed by atoms with Crippen LogP contribution in [-0.2, 0) is 16.6 Å². The maximum Gasteiger partial charge on any atom is 0.240 e. The topological polar surface area (TPSA) is 72.2 Å². The normalized spacial score (nSPS) is 16.7. The summed E-state index contributed by atoms with van der Waals surface area (Å²) in [5.41, 5.74) is 7.27. The van der Waals surface area contributed by atoms with E-state index in [0.29, 0.717) is 23.9 Å². The van der Waals surface area contributed by atoms with Gasteiger partial charge in [0, 0.05) is 13.1 Å². The van der Waals surface area contributed by atoms with Gasteiger partial charge in [-0.15, -0.1) is 0 Å². The highest BCUT2D eigenvalue weighted by Gasteiger charge is 2.19. The molecular weight excluding hydrogens is 272 g/mol. The molecule has 1 saturated carbocycles. The van der Waals surface area contributed by atoms with Crippen molar-refractivity contribution in [3.05, 3.63) is 29.3 Å². The smallest absolute Gasteiger partial charge is 0.240 e. The highest BCUT2D eigenvalue weighted by molar-refractivity contribution is 7.89. The lowest BCUT2D eigenvalue weighted by atomic mass is 10.1. The second-order valence-corrected chi connectivity index (χ2v) is 7.38. The monoisotopic (exact) mass is 296 g/mol. The summed E-state index contributed by atoms with van der Waals surface area (Å²) < 4.78 is 27.3. The van der Waals surface area contributed by atoms with E-state index in [2.05, 4.69) is 4.72 Å². The molecule has 0 aliphatic heterocycles.